The summed E-state index contributed by atoms with van der Waals surface area (Å²) in [6, 6.07) is 23.2. The summed E-state index contributed by atoms with van der Waals surface area (Å²) >= 11 is 0. The van der Waals surface area contributed by atoms with Gasteiger partial charge in [0.25, 0.3) is 5.95 Å². The number of anilines is 1. The zero-order valence-electron chi connectivity index (χ0n) is 29.7. The van der Waals surface area contributed by atoms with Gasteiger partial charge in [-0.1, -0.05) is 44.2 Å². The SMILES string of the molecule is [2H]C1c2ccc(NC3CC(Oc4ccc(C(C)(C)c5ccc(Oc6ccnc(-n7nccn7)n6)cc5)cc4)C3)cc2C([2H])N1C1CCC(=O)NC1=O. The van der Waals surface area contributed by atoms with Gasteiger partial charge in [0.2, 0.25) is 17.7 Å². The average Bonchev–Trinajstić information content (AvgIpc) is 3.75. The highest BCUT2D eigenvalue weighted by Crippen LogP contribution is 2.36. The molecule has 1 saturated carbocycles. The van der Waals surface area contributed by atoms with Crippen molar-refractivity contribution in [2.45, 2.75) is 76.2 Å². The number of amides is 2. The molecule has 3 aliphatic rings. The number of benzene rings is 3. The minimum atomic E-state index is -0.849. The van der Waals surface area contributed by atoms with Crippen LogP contribution < -0.4 is 20.1 Å². The first kappa shape index (κ1) is 29.3. The first-order chi connectivity index (χ1) is 25.1. The first-order valence-electron chi connectivity index (χ1n) is 17.9. The molecule has 0 radical (unpaired) electrons. The summed E-state index contributed by atoms with van der Waals surface area (Å²) in [4.78, 5) is 35.6. The van der Waals surface area contributed by atoms with E-state index in [1.807, 2.05) is 42.5 Å². The number of hydrogen-bond donors (Lipinski definition) is 2. The summed E-state index contributed by atoms with van der Waals surface area (Å²) < 4.78 is 29.8. The van der Waals surface area contributed by atoms with Gasteiger partial charge in [-0.3, -0.25) is 19.8 Å². The van der Waals surface area contributed by atoms with Crippen LogP contribution >= 0.6 is 0 Å². The van der Waals surface area contributed by atoms with E-state index < -0.39 is 25.0 Å². The maximum Gasteiger partial charge on any atom is 0.271 e. The summed E-state index contributed by atoms with van der Waals surface area (Å²) in [5.41, 5.74) is 4.35. The van der Waals surface area contributed by atoms with Crippen LogP contribution in [0.1, 0.15) is 64.5 Å². The number of carbonyl (C=O) groups is 2. The molecular weight excluding hydrogens is 632 g/mol. The molecule has 3 atom stereocenters. The van der Waals surface area contributed by atoms with E-state index in [4.69, 9.17) is 12.2 Å². The summed E-state index contributed by atoms with van der Waals surface area (Å²) in [7, 11) is 0. The molecule has 1 saturated heterocycles. The van der Waals surface area contributed by atoms with Crippen LogP contribution in [0.2, 0.25) is 0 Å². The molecular formula is C38H38N8O4. The maximum atomic E-state index is 12.5. The molecule has 2 N–H and O–H groups in total. The highest BCUT2D eigenvalue weighted by Gasteiger charge is 2.35. The smallest absolute Gasteiger partial charge is 0.271 e. The minimum absolute atomic E-state index is 0.0877. The third-order valence-corrected chi connectivity index (χ3v) is 9.59. The van der Waals surface area contributed by atoms with Gasteiger partial charge in [0.1, 0.15) is 17.6 Å². The van der Waals surface area contributed by atoms with Crippen LogP contribution in [0.15, 0.2) is 91.4 Å². The Morgan fingerprint density at radius 2 is 1.58 bits per heavy atom. The predicted octanol–water partition coefficient (Wildman–Crippen LogP) is 5.32. The number of imide groups is 1. The predicted molar refractivity (Wildman–Crippen MR) is 185 cm³/mol. The van der Waals surface area contributed by atoms with E-state index in [1.54, 1.807) is 29.6 Å². The van der Waals surface area contributed by atoms with Crippen LogP contribution in [-0.4, -0.2) is 59.9 Å². The molecule has 3 unspecified atom stereocenters. The van der Waals surface area contributed by atoms with E-state index in [9.17, 15) is 9.59 Å². The number of nitrogens with one attached hydrogen (secondary N) is 2. The van der Waals surface area contributed by atoms with E-state index in [0.717, 1.165) is 46.5 Å². The number of piperidine rings is 1. The normalized spacial score (nSPS) is 24.0. The van der Waals surface area contributed by atoms with Gasteiger partial charge in [-0.15, -0.1) is 4.80 Å². The van der Waals surface area contributed by atoms with Crippen molar-refractivity contribution in [3.63, 3.8) is 0 Å². The molecule has 1 aliphatic carbocycles. The lowest BCUT2D eigenvalue weighted by Gasteiger charge is -2.36. The fourth-order valence-corrected chi connectivity index (χ4v) is 6.59. The van der Waals surface area contributed by atoms with Crippen molar-refractivity contribution in [3.8, 4) is 23.3 Å². The molecule has 2 aliphatic heterocycles. The number of ether oxygens (including phenoxy) is 2. The lowest BCUT2D eigenvalue weighted by Crippen LogP contribution is -2.50. The average molecular weight is 673 g/mol. The highest BCUT2D eigenvalue weighted by molar-refractivity contribution is 6.00. The van der Waals surface area contributed by atoms with Crippen molar-refractivity contribution >= 4 is 17.5 Å². The van der Waals surface area contributed by atoms with Crippen LogP contribution in [0, 0.1) is 0 Å². The molecule has 4 heterocycles. The third-order valence-electron chi connectivity index (χ3n) is 9.59. The Morgan fingerprint density at radius 1 is 0.880 bits per heavy atom. The van der Waals surface area contributed by atoms with Gasteiger partial charge in [-0.2, -0.15) is 15.2 Å². The zero-order valence-corrected chi connectivity index (χ0v) is 27.7. The van der Waals surface area contributed by atoms with Crippen molar-refractivity contribution in [2.24, 2.45) is 0 Å². The summed E-state index contributed by atoms with van der Waals surface area (Å²) in [6.07, 6.45) is 7.03. The van der Waals surface area contributed by atoms with Gasteiger partial charge in [-0.05, 0) is 65.1 Å². The molecule has 254 valence electrons. The maximum absolute atomic E-state index is 12.5. The third kappa shape index (κ3) is 6.53. The molecule has 50 heavy (non-hydrogen) atoms. The van der Waals surface area contributed by atoms with Crippen molar-refractivity contribution in [1.82, 2.24) is 35.2 Å². The van der Waals surface area contributed by atoms with Gasteiger partial charge >= 0.3 is 0 Å². The lowest BCUT2D eigenvalue weighted by molar-refractivity contribution is -0.137. The number of fused-ring (bicyclic) bond motifs is 1. The monoisotopic (exact) mass is 672 g/mol. The number of carbonyl (C=O) groups excluding carboxylic acids is 2. The molecule has 5 aromatic rings. The van der Waals surface area contributed by atoms with Gasteiger partial charge in [-0.25, -0.2) is 4.98 Å². The molecule has 12 nitrogen and oxygen atoms in total. The first-order valence-corrected chi connectivity index (χ1v) is 16.7. The van der Waals surface area contributed by atoms with E-state index in [1.165, 1.54) is 4.80 Å². The molecule has 3 aromatic carbocycles. The number of nitrogens with zero attached hydrogens (tertiary/aromatic N) is 6. The van der Waals surface area contributed by atoms with Crippen LogP contribution in [0.5, 0.6) is 17.4 Å². The van der Waals surface area contributed by atoms with Gasteiger partial charge < -0.3 is 14.8 Å². The quantitative estimate of drug-likeness (QED) is 0.188. The second kappa shape index (κ2) is 13.0. The Bertz CT molecular complexity index is 2090. The van der Waals surface area contributed by atoms with Crippen LogP contribution in [0.3, 0.4) is 0 Å². The van der Waals surface area contributed by atoms with E-state index in [-0.39, 0.29) is 29.9 Å². The Labute approximate surface area is 292 Å². The Balaban J connectivity index is 0.837. The summed E-state index contributed by atoms with van der Waals surface area (Å²) in [6.45, 7) is 2.70. The Morgan fingerprint density at radius 3 is 2.30 bits per heavy atom. The van der Waals surface area contributed by atoms with Crippen molar-refractivity contribution in [3.05, 3.63) is 114 Å². The van der Waals surface area contributed by atoms with Crippen molar-refractivity contribution in [2.75, 3.05) is 5.32 Å². The highest BCUT2D eigenvalue weighted by atomic mass is 16.5. The van der Waals surface area contributed by atoms with E-state index in [2.05, 4.69) is 68.9 Å². The van der Waals surface area contributed by atoms with Crippen LogP contribution in [0.25, 0.3) is 5.95 Å². The fourth-order valence-electron chi connectivity index (χ4n) is 6.59. The zero-order chi connectivity index (χ0) is 36.0. The Kier molecular flexibility index (Phi) is 7.63. The molecule has 0 spiro atoms. The molecule has 12 heteroatoms. The van der Waals surface area contributed by atoms with Crippen LogP contribution in [-0.2, 0) is 28.0 Å². The second-order valence-electron chi connectivity index (χ2n) is 13.4. The topological polar surface area (TPSA) is 136 Å². The summed E-state index contributed by atoms with van der Waals surface area (Å²) in [5, 5.41) is 14.0. The molecule has 2 fully saturated rings. The van der Waals surface area contributed by atoms with Gasteiger partial charge in [0.15, 0.2) is 0 Å². The largest absolute Gasteiger partial charge is 0.490 e. The van der Waals surface area contributed by atoms with Crippen molar-refractivity contribution < 1.29 is 21.8 Å². The second-order valence-corrected chi connectivity index (χ2v) is 13.4. The van der Waals surface area contributed by atoms with E-state index >= 15 is 0 Å². The number of hydrogen-bond acceptors (Lipinski definition) is 10. The minimum Gasteiger partial charge on any atom is -0.490 e. The molecule has 2 aromatic heterocycles. The standard InChI is InChI=1S/C38H38N8O4/c1-38(2,27-6-11-31(12-7-27)50-35-15-16-39-37(44-35)46-40-17-18-41-46)26-4-9-30(10-5-26)49-32-20-29(21-32)42-28-8-3-24-22-45(23-25(24)19-28)33-13-14-34(47)43-36(33)48/h3-12,15-19,29,32-33,42H,13-14,20-23H2,1-2H3,(H,43,47,48)/i22D,23D. The molecule has 8 rings (SSSR count). The van der Waals surface area contributed by atoms with Crippen molar-refractivity contribution in [1.29, 1.82) is 0 Å². The molecule has 2 amide bonds. The van der Waals surface area contributed by atoms with E-state index in [0.29, 0.717) is 24.0 Å². The number of aromatic nitrogens is 5. The summed E-state index contributed by atoms with van der Waals surface area (Å²) in [5.74, 6) is 1.48. The van der Waals surface area contributed by atoms with Gasteiger partial charge in [0.05, 0.1) is 18.4 Å². The number of rotatable bonds is 10. The van der Waals surface area contributed by atoms with Gasteiger partial charge in [0, 0.05) is 64.5 Å². The van der Waals surface area contributed by atoms with Crippen LogP contribution in [0.4, 0.5) is 5.69 Å². The lowest BCUT2D eigenvalue weighted by atomic mass is 9.78. The molecule has 0 bridgehead atoms. The Hall–Kier alpha value is -5.62. The fraction of sp³-hybridized carbons (Fsp3) is 0.316.